The Morgan fingerprint density at radius 2 is 1.47 bits per heavy atom. The first kappa shape index (κ1) is 14.8. The van der Waals surface area contributed by atoms with Crippen LogP contribution in [-0.4, -0.2) is 48.5 Å². The number of rotatable bonds is 7. The van der Waals surface area contributed by atoms with Crippen molar-refractivity contribution in [3.05, 3.63) is 0 Å². The summed E-state index contributed by atoms with van der Waals surface area (Å²) in [6.45, 7) is 2.00. The first-order chi connectivity index (χ1) is 6.73. The molecule has 0 heterocycles. The molecule has 0 spiro atoms. The molecule has 0 aliphatic rings. The van der Waals surface area contributed by atoms with Crippen molar-refractivity contribution in [3.8, 4) is 0 Å². The van der Waals surface area contributed by atoms with E-state index in [1.807, 2.05) is 6.92 Å². The van der Waals surface area contributed by atoms with Crippen molar-refractivity contribution < 1.29 is 30.6 Å². The Morgan fingerprint density at radius 1 is 0.933 bits per heavy atom. The van der Waals surface area contributed by atoms with Crippen LogP contribution in [0.25, 0.3) is 0 Å². The molecular formula is C9H20O6. The van der Waals surface area contributed by atoms with Crippen LogP contribution in [0.3, 0.4) is 0 Å². The molecule has 92 valence electrons. The molecule has 0 aliphatic heterocycles. The molecule has 0 bridgehead atoms. The molecule has 1 unspecified atom stereocenters. The van der Waals surface area contributed by atoms with E-state index in [9.17, 15) is 5.11 Å². The van der Waals surface area contributed by atoms with Crippen LogP contribution in [0.15, 0.2) is 0 Å². The van der Waals surface area contributed by atoms with E-state index in [2.05, 4.69) is 0 Å². The van der Waals surface area contributed by atoms with Crippen LogP contribution in [0, 0.1) is 0 Å². The van der Waals surface area contributed by atoms with Gasteiger partial charge in [0.25, 0.3) is 5.79 Å². The number of hydrogen-bond donors (Lipinski definition) is 6. The summed E-state index contributed by atoms with van der Waals surface area (Å²) >= 11 is 0. The van der Waals surface area contributed by atoms with E-state index >= 15 is 0 Å². The Labute approximate surface area is 88.4 Å². The van der Waals surface area contributed by atoms with Gasteiger partial charge in [0.05, 0.1) is 0 Å². The second kappa shape index (κ2) is 5.74. The van der Waals surface area contributed by atoms with Crippen LogP contribution in [0.4, 0.5) is 0 Å². The van der Waals surface area contributed by atoms with Crippen LogP contribution in [0.1, 0.15) is 39.0 Å². The predicted molar refractivity (Wildman–Crippen MR) is 51.3 cm³/mol. The van der Waals surface area contributed by atoms with Crippen LogP contribution in [-0.2, 0) is 0 Å². The second-order valence-electron chi connectivity index (χ2n) is 3.73. The zero-order valence-electron chi connectivity index (χ0n) is 8.80. The van der Waals surface area contributed by atoms with Crippen LogP contribution in [0.5, 0.6) is 0 Å². The van der Waals surface area contributed by atoms with Gasteiger partial charge in [-0.05, 0) is 6.42 Å². The molecule has 6 N–H and O–H groups in total. The first-order valence-corrected chi connectivity index (χ1v) is 5.03. The van der Waals surface area contributed by atoms with Crippen LogP contribution in [0.2, 0.25) is 0 Å². The van der Waals surface area contributed by atoms with Crippen molar-refractivity contribution in [3.63, 3.8) is 0 Å². The Morgan fingerprint density at radius 3 is 1.87 bits per heavy atom. The lowest BCUT2D eigenvalue weighted by molar-refractivity contribution is -0.464. The fourth-order valence-corrected chi connectivity index (χ4v) is 1.19. The quantitative estimate of drug-likeness (QED) is 0.234. The number of hydrogen-bond acceptors (Lipinski definition) is 6. The molecule has 0 aromatic carbocycles. The lowest BCUT2D eigenvalue weighted by atomic mass is 10.0. The van der Waals surface area contributed by atoms with Gasteiger partial charge in [0.15, 0.2) is 0 Å². The van der Waals surface area contributed by atoms with Gasteiger partial charge >= 0.3 is 5.97 Å². The van der Waals surface area contributed by atoms with Crippen molar-refractivity contribution in [2.45, 2.75) is 56.9 Å². The largest absolute Gasteiger partial charge is 0.387 e. The fraction of sp³-hybridized carbons (Fsp3) is 1.00. The maximum absolute atomic E-state index is 9.23. The molecule has 15 heavy (non-hydrogen) atoms. The van der Waals surface area contributed by atoms with Gasteiger partial charge in [0, 0.05) is 0 Å². The third-order valence-electron chi connectivity index (χ3n) is 2.29. The van der Waals surface area contributed by atoms with Crippen LogP contribution >= 0.6 is 0 Å². The minimum atomic E-state index is -3.73. The summed E-state index contributed by atoms with van der Waals surface area (Å²) in [5.74, 6) is -7.06. The van der Waals surface area contributed by atoms with E-state index < -0.39 is 17.9 Å². The minimum absolute atomic E-state index is 0.0313. The molecule has 0 fully saturated rings. The summed E-state index contributed by atoms with van der Waals surface area (Å²) in [5.41, 5.74) is 0. The molecule has 0 rings (SSSR count). The highest BCUT2D eigenvalue weighted by atomic mass is 16.7. The highest BCUT2D eigenvalue weighted by Crippen LogP contribution is 2.22. The van der Waals surface area contributed by atoms with E-state index in [1.54, 1.807) is 0 Å². The first-order valence-electron chi connectivity index (χ1n) is 5.03. The van der Waals surface area contributed by atoms with Crippen molar-refractivity contribution in [2.75, 3.05) is 0 Å². The van der Waals surface area contributed by atoms with E-state index in [0.717, 1.165) is 19.3 Å². The lowest BCUT2D eigenvalue weighted by Crippen LogP contribution is -2.61. The number of aliphatic hydroxyl groups excluding tert-OH is 1. The van der Waals surface area contributed by atoms with Crippen molar-refractivity contribution in [2.24, 2.45) is 0 Å². The van der Waals surface area contributed by atoms with E-state index in [1.165, 1.54) is 0 Å². The summed E-state index contributed by atoms with van der Waals surface area (Å²) in [5, 5.41) is 53.0. The van der Waals surface area contributed by atoms with Gasteiger partial charge < -0.3 is 30.6 Å². The third-order valence-corrected chi connectivity index (χ3v) is 2.29. The summed E-state index contributed by atoms with van der Waals surface area (Å²) in [4.78, 5) is 0. The molecule has 0 radical (unpaired) electrons. The average molecular weight is 224 g/mol. The van der Waals surface area contributed by atoms with Crippen molar-refractivity contribution in [1.29, 1.82) is 0 Å². The molecule has 6 nitrogen and oxygen atoms in total. The SMILES string of the molecule is CCCCCCC(O)C(O)(O)C(O)(O)O. The summed E-state index contributed by atoms with van der Waals surface area (Å²) in [6, 6.07) is 0. The summed E-state index contributed by atoms with van der Waals surface area (Å²) in [7, 11) is 0. The zero-order valence-corrected chi connectivity index (χ0v) is 8.80. The van der Waals surface area contributed by atoms with Gasteiger partial charge in [-0.1, -0.05) is 32.6 Å². The molecule has 6 heteroatoms. The summed E-state index contributed by atoms with van der Waals surface area (Å²) in [6.07, 6.45) is 1.39. The Balaban J connectivity index is 4.03. The molecule has 0 aromatic rings. The molecule has 0 amide bonds. The smallest absolute Gasteiger partial charge is 0.335 e. The Hall–Kier alpha value is -0.240. The van der Waals surface area contributed by atoms with Crippen LogP contribution < -0.4 is 0 Å². The van der Waals surface area contributed by atoms with Crippen molar-refractivity contribution >= 4 is 0 Å². The van der Waals surface area contributed by atoms with E-state index in [0.29, 0.717) is 6.42 Å². The number of aliphatic hydroxyl groups is 6. The molecular weight excluding hydrogens is 204 g/mol. The topological polar surface area (TPSA) is 121 Å². The highest BCUT2D eigenvalue weighted by Gasteiger charge is 2.51. The Bertz CT molecular complexity index is 174. The van der Waals surface area contributed by atoms with Gasteiger partial charge in [-0.2, -0.15) is 0 Å². The highest BCUT2D eigenvalue weighted by molar-refractivity contribution is 4.81. The van der Waals surface area contributed by atoms with Gasteiger partial charge in [-0.25, -0.2) is 0 Å². The van der Waals surface area contributed by atoms with Crippen molar-refractivity contribution in [1.82, 2.24) is 0 Å². The zero-order chi connectivity index (χ0) is 12.1. The fourth-order valence-electron chi connectivity index (χ4n) is 1.19. The number of unbranched alkanes of at least 4 members (excludes halogenated alkanes) is 3. The molecule has 0 saturated carbocycles. The van der Waals surface area contributed by atoms with E-state index in [4.69, 9.17) is 25.5 Å². The maximum atomic E-state index is 9.23. The molecule has 0 saturated heterocycles. The standard InChI is InChI=1S/C9H20O6/c1-2-3-4-5-6-7(10)8(11,12)9(13,14)15/h7,10-15H,2-6H2,1H3. The predicted octanol–water partition coefficient (Wildman–Crippen LogP) is -1.37. The summed E-state index contributed by atoms with van der Waals surface area (Å²) < 4.78 is 0. The molecule has 0 aromatic heterocycles. The van der Waals surface area contributed by atoms with Gasteiger partial charge in [0.1, 0.15) is 6.10 Å². The third kappa shape index (κ3) is 4.42. The Kier molecular flexibility index (Phi) is 5.65. The molecule has 1 atom stereocenters. The van der Waals surface area contributed by atoms with Gasteiger partial charge in [0.2, 0.25) is 0 Å². The lowest BCUT2D eigenvalue weighted by Gasteiger charge is -2.33. The van der Waals surface area contributed by atoms with Gasteiger partial charge in [-0.3, -0.25) is 0 Å². The van der Waals surface area contributed by atoms with Gasteiger partial charge in [-0.15, -0.1) is 0 Å². The second-order valence-corrected chi connectivity index (χ2v) is 3.73. The maximum Gasteiger partial charge on any atom is 0.335 e. The normalized spacial score (nSPS) is 15.4. The monoisotopic (exact) mass is 224 g/mol. The molecule has 0 aliphatic carbocycles. The van der Waals surface area contributed by atoms with E-state index in [-0.39, 0.29) is 6.42 Å². The average Bonchev–Trinajstić information content (AvgIpc) is 2.10. The minimum Gasteiger partial charge on any atom is -0.387 e.